The first-order valence-electron chi connectivity index (χ1n) is 3.54. The van der Waals surface area contributed by atoms with E-state index in [1.54, 1.807) is 11.8 Å². The van der Waals surface area contributed by atoms with Gasteiger partial charge in [-0.05, 0) is 22.6 Å². The number of halogens is 2. The molecule has 0 aromatic carbocycles. The van der Waals surface area contributed by atoms with E-state index >= 15 is 0 Å². The number of alkyl halides is 1. The SMILES string of the molecule is COCc1nn(CCF)cc1I. The molecule has 0 fully saturated rings. The first-order chi connectivity index (χ1) is 5.77. The summed E-state index contributed by atoms with van der Waals surface area (Å²) in [4.78, 5) is 0. The number of hydrogen-bond acceptors (Lipinski definition) is 2. The quantitative estimate of drug-likeness (QED) is 0.785. The van der Waals surface area contributed by atoms with Crippen LogP contribution in [0.3, 0.4) is 0 Å². The van der Waals surface area contributed by atoms with Gasteiger partial charge < -0.3 is 4.74 Å². The Labute approximate surface area is 84.0 Å². The largest absolute Gasteiger partial charge is 0.378 e. The van der Waals surface area contributed by atoms with Gasteiger partial charge in [0.15, 0.2) is 0 Å². The number of ether oxygens (including phenoxy) is 1. The number of methoxy groups -OCH3 is 1. The molecule has 1 rings (SSSR count). The van der Waals surface area contributed by atoms with Gasteiger partial charge in [0.05, 0.1) is 16.7 Å². The number of nitrogens with zero attached hydrogens (tertiary/aromatic N) is 2. The van der Waals surface area contributed by atoms with Crippen molar-refractivity contribution in [3.63, 3.8) is 0 Å². The maximum absolute atomic E-state index is 11.9. The van der Waals surface area contributed by atoms with E-state index in [0.29, 0.717) is 13.2 Å². The number of aryl methyl sites for hydroxylation is 1. The molecule has 0 N–H and O–H groups in total. The Morgan fingerprint density at radius 1 is 1.75 bits per heavy atom. The molecule has 1 aromatic rings. The topological polar surface area (TPSA) is 27.1 Å². The van der Waals surface area contributed by atoms with Crippen molar-refractivity contribution in [3.05, 3.63) is 15.5 Å². The van der Waals surface area contributed by atoms with Crippen molar-refractivity contribution >= 4 is 22.6 Å². The van der Waals surface area contributed by atoms with Crippen LogP contribution in [-0.4, -0.2) is 23.6 Å². The predicted octanol–water partition coefficient (Wildman–Crippen LogP) is 1.60. The lowest BCUT2D eigenvalue weighted by molar-refractivity contribution is 0.180. The van der Waals surface area contributed by atoms with Crippen molar-refractivity contribution in [1.29, 1.82) is 0 Å². The molecule has 0 radical (unpaired) electrons. The second kappa shape index (κ2) is 4.76. The standard InChI is InChI=1S/C7H10FIN2O/c1-12-5-7-6(9)4-11(10-7)3-2-8/h4H,2-3,5H2,1H3. The molecule has 0 atom stereocenters. The Morgan fingerprint density at radius 2 is 2.50 bits per heavy atom. The van der Waals surface area contributed by atoms with Crippen molar-refractivity contribution < 1.29 is 9.13 Å². The van der Waals surface area contributed by atoms with Crippen molar-refractivity contribution in [2.24, 2.45) is 0 Å². The number of aromatic nitrogens is 2. The van der Waals surface area contributed by atoms with Gasteiger partial charge in [0.1, 0.15) is 12.4 Å². The van der Waals surface area contributed by atoms with Crippen LogP contribution in [0.1, 0.15) is 5.69 Å². The van der Waals surface area contributed by atoms with Crippen LogP contribution >= 0.6 is 22.6 Å². The van der Waals surface area contributed by atoms with Gasteiger partial charge in [-0.3, -0.25) is 4.68 Å². The van der Waals surface area contributed by atoms with Gasteiger partial charge in [-0.15, -0.1) is 0 Å². The van der Waals surface area contributed by atoms with E-state index in [4.69, 9.17) is 4.74 Å². The Bertz CT molecular complexity index is 252. The minimum Gasteiger partial charge on any atom is -0.378 e. The van der Waals surface area contributed by atoms with Crippen LogP contribution < -0.4 is 0 Å². The van der Waals surface area contributed by atoms with Crippen LogP contribution in [-0.2, 0) is 17.9 Å². The molecule has 0 unspecified atom stereocenters. The van der Waals surface area contributed by atoms with E-state index < -0.39 is 0 Å². The highest BCUT2D eigenvalue weighted by molar-refractivity contribution is 14.1. The van der Waals surface area contributed by atoms with Crippen molar-refractivity contribution in [2.45, 2.75) is 13.2 Å². The van der Waals surface area contributed by atoms with Gasteiger partial charge in [-0.25, -0.2) is 4.39 Å². The minimum absolute atomic E-state index is 0.319. The average molecular weight is 284 g/mol. The summed E-state index contributed by atoms with van der Waals surface area (Å²) in [6.45, 7) is 0.418. The molecular weight excluding hydrogens is 274 g/mol. The first kappa shape index (κ1) is 9.91. The Balaban J connectivity index is 2.70. The molecular formula is C7H10FIN2O. The fraction of sp³-hybridized carbons (Fsp3) is 0.571. The van der Waals surface area contributed by atoms with E-state index in [-0.39, 0.29) is 6.67 Å². The molecule has 0 aliphatic carbocycles. The van der Waals surface area contributed by atoms with Crippen LogP contribution in [0.15, 0.2) is 6.20 Å². The molecule has 0 spiro atoms. The Morgan fingerprint density at radius 3 is 3.08 bits per heavy atom. The van der Waals surface area contributed by atoms with Gasteiger partial charge in [-0.2, -0.15) is 5.10 Å². The summed E-state index contributed by atoms with van der Waals surface area (Å²) in [7, 11) is 1.62. The summed E-state index contributed by atoms with van der Waals surface area (Å²) < 4.78 is 19.4. The predicted molar refractivity (Wildman–Crippen MR) is 51.6 cm³/mol. The Kier molecular flexibility index (Phi) is 3.93. The average Bonchev–Trinajstić information content (AvgIpc) is 2.34. The summed E-state index contributed by atoms with van der Waals surface area (Å²) in [5.41, 5.74) is 0.867. The third-order valence-corrected chi connectivity index (χ3v) is 2.28. The maximum atomic E-state index is 11.9. The van der Waals surface area contributed by atoms with Crippen LogP contribution in [0, 0.1) is 3.57 Å². The minimum atomic E-state index is -0.385. The molecule has 1 aromatic heterocycles. The number of hydrogen-bond donors (Lipinski definition) is 0. The molecule has 0 aliphatic rings. The van der Waals surface area contributed by atoms with E-state index in [2.05, 4.69) is 27.7 Å². The van der Waals surface area contributed by atoms with Crippen LogP contribution in [0.4, 0.5) is 4.39 Å². The zero-order valence-corrected chi connectivity index (χ0v) is 8.91. The van der Waals surface area contributed by atoms with Crippen LogP contribution in [0.2, 0.25) is 0 Å². The van der Waals surface area contributed by atoms with Gasteiger partial charge in [0, 0.05) is 13.3 Å². The van der Waals surface area contributed by atoms with E-state index in [9.17, 15) is 4.39 Å². The molecule has 12 heavy (non-hydrogen) atoms. The molecule has 0 bridgehead atoms. The molecule has 0 aliphatic heterocycles. The summed E-state index contributed by atoms with van der Waals surface area (Å²) in [6.07, 6.45) is 1.81. The van der Waals surface area contributed by atoms with Crippen molar-refractivity contribution in [2.75, 3.05) is 13.8 Å². The molecule has 1 heterocycles. The van der Waals surface area contributed by atoms with Crippen molar-refractivity contribution in [3.8, 4) is 0 Å². The van der Waals surface area contributed by atoms with Gasteiger partial charge in [0.2, 0.25) is 0 Å². The van der Waals surface area contributed by atoms with Gasteiger partial charge >= 0.3 is 0 Å². The highest BCUT2D eigenvalue weighted by atomic mass is 127. The summed E-state index contributed by atoms with van der Waals surface area (Å²) in [5, 5.41) is 4.13. The van der Waals surface area contributed by atoms with E-state index in [1.165, 1.54) is 0 Å². The normalized spacial score (nSPS) is 10.6. The lowest BCUT2D eigenvalue weighted by atomic mass is 10.5. The molecule has 5 heteroatoms. The summed E-state index contributed by atoms with van der Waals surface area (Å²) in [6, 6.07) is 0. The van der Waals surface area contributed by atoms with Gasteiger partial charge in [-0.1, -0.05) is 0 Å². The van der Waals surface area contributed by atoms with Crippen LogP contribution in [0.5, 0.6) is 0 Å². The summed E-state index contributed by atoms with van der Waals surface area (Å²) in [5.74, 6) is 0. The van der Waals surface area contributed by atoms with Crippen LogP contribution in [0.25, 0.3) is 0 Å². The molecule has 0 saturated carbocycles. The monoisotopic (exact) mass is 284 g/mol. The molecule has 68 valence electrons. The lowest BCUT2D eigenvalue weighted by Gasteiger charge is -1.94. The zero-order chi connectivity index (χ0) is 8.97. The molecule has 0 amide bonds. The fourth-order valence-corrected chi connectivity index (χ4v) is 1.46. The first-order valence-corrected chi connectivity index (χ1v) is 4.62. The molecule has 3 nitrogen and oxygen atoms in total. The lowest BCUT2D eigenvalue weighted by Crippen LogP contribution is -2.01. The van der Waals surface area contributed by atoms with E-state index in [1.807, 2.05) is 6.20 Å². The van der Waals surface area contributed by atoms with E-state index in [0.717, 1.165) is 9.26 Å². The zero-order valence-electron chi connectivity index (χ0n) is 6.76. The second-order valence-corrected chi connectivity index (χ2v) is 3.47. The maximum Gasteiger partial charge on any atom is 0.109 e. The number of rotatable bonds is 4. The molecule has 0 saturated heterocycles. The highest BCUT2D eigenvalue weighted by Gasteiger charge is 2.04. The highest BCUT2D eigenvalue weighted by Crippen LogP contribution is 2.10. The van der Waals surface area contributed by atoms with Crippen molar-refractivity contribution in [1.82, 2.24) is 9.78 Å². The third kappa shape index (κ3) is 2.41. The summed E-state index contributed by atoms with van der Waals surface area (Å²) >= 11 is 2.16. The second-order valence-electron chi connectivity index (χ2n) is 2.31. The fourth-order valence-electron chi connectivity index (χ4n) is 0.873. The smallest absolute Gasteiger partial charge is 0.109 e. The third-order valence-electron chi connectivity index (χ3n) is 1.38. The Hall–Kier alpha value is -0.170. The van der Waals surface area contributed by atoms with Gasteiger partial charge in [0.25, 0.3) is 0 Å².